The Hall–Kier alpha value is -1.50. The fourth-order valence-electron chi connectivity index (χ4n) is 2.52. The predicted molar refractivity (Wildman–Crippen MR) is 104 cm³/mol. The van der Waals surface area contributed by atoms with Gasteiger partial charge in [0.1, 0.15) is 10.5 Å². The molecule has 0 amide bonds. The van der Waals surface area contributed by atoms with Crippen LogP contribution in [-0.2, 0) is 16.4 Å². The Balaban J connectivity index is 2.56. The van der Waals surface area contributed by atoms with E-state index in [2.05, 4.69) is 18.6 Å². The number of thiophene rings is 1. The van der Waals surface area contributed by atoms with E-state index in [0.717, 1.165) is 23.1 Å². The summed E-state index contributed by atoms with van der Waals surface area (Å²) in [7, 11) is -3.63. The number of sulfonamides is 1. The molecule has 1 heterocycles. The van der Waals surface area contributed by atoms with Crippen LogP contribution in [0.3, 0.4) is 0 Å². The highest BCUT2D eigenvalue weighted by molar-refractivity contribution is 7.91. The molecule has 0 aliphatic heterocycles. The van der Waals surface area contributed by atoms with Crippen molar-refractivity contribution in [2.24, 2.45) is 5.92 Å². The third-order valence-corrected chi connectivity index (χ3v) is 6.85. The summed E-state index contributed by atoms with van der Waals surface area (Å²) in [5.41, 5.74) is 1.50. The van der Waals surface area contributed by atoms with Gasteiger partial charge in [0.05, 0.1) is 0 Å². The van der Waals surface area contributed by atoms with Crippen molar-refractivity contribution >= 4 is 27.6 Å². The lowest BCUT2D eigenvalue weighted by Gasteiger charge is -2.20. The minimum Gasteiger partial charge on any atom is -0.298 e. The topological polar surface area (TPSA) is 63.2 Å². The summed E-state index contributed by atoms with van der Waals surface area (Å²) in [6.07, 6.45) is 1.61. The molecule has 0 saturated heterocycles. The van der Waals surface area contributed by atoms with Gasteiger partial charge in [-0.15, -0.1) is 11.3 Å². The van der Waals surface area contributed by atoms with E-state index in [1.807, 2.05) is 26.8 Å². The van der Waals surface area contributed by atoms with Gasteiger partial charge in [0.25, 0.3) is 10.0 Å². The smallest absolute Gasteiger partial charge is 0.251 e. The van der Waals surface area contributed by atoms with E-state index >= 15 is 0 Å². The molecule has 0 spiro atoms. The Kier molecular flexibility index (Phi) is 5.86. The van der Waals surface area contributed by atoms with Crippen LogP contribution in [0.15, 0.2) is 34.5 Å². The van der Waals surface area contributed by atoms with Crippen molar-refractivity contribution < 1.29 is 13.2 Å². The monoisotopic (exact) mass is 379 g/mol. The molecule has 1 aromatic carbocycles. The molecule has 0 radical (unpaired) electrons. The second kappa shape index (κ2) is 7.40. The van der Waals surface area contributed by atoms with Gasteiger partial charge in [-0.2, -0.15) is 0 Å². The molecule has 6 heteroatoms. The van der Waals surface area contributed by atoms with Crippen molar-refractivity contribution in [3.8, 4) is 11.1 Å². The number of carbonyl (C=O) groups is 1. The number of nitrogens with one attached hydrogen (secondary N) is 1. The second-order valence-electron chi connectivity index (χ2n) is 7.61. The standard InChI is InChI=1S/C19H25NO3S2/c1-13(2)10-16-11-17(15-8-6-14(12-21)7-9-15)18(24-16)25(22,23)20-19(3,4)5/h6-9,11-13,20H,10H2,1-5H3. The van der Waals surface area contributed by atoms with Crippen molar-refractivity contribution in [2.75, 3.05) is 0 Å². The Morgan fingerprint density at radius 2 is 1.76 bits per heavy atom. The highest BCUT2D eigenvalue weighted by Crippen LogP contribution is 2.36. The highest BCUT2D eigenvalue weighted by Gasteiger charge is 2.27. The van der Waals surface area contributed by atoms with E-state index in [1.54, 1.807) is 24.3 Å². The zero-order chi connectivity index (χ0) is 18.8. The second-order valence-corrected chi connectivity index (χ2v) is 10.6. The molecular formula is C19H25NO3S2. The molecule has 1 N–H and O–H groups in total. The van der Waals surface area contributed by atoms with Gasteiger partial charge >= 0.3 is 0 Å². The van der Waals surface area contributed by atoms with Crippen molar-refractivity contribution in [2.45, 2.75) is 50.8 Å². The van der Waals surface area contributed by atoms with Gasteiger partial charge < -0.3 is 0 Å². The molecule has 1 aromatic heterocycles. The first kappa shape index (κ1) is 19.8. The third-order valence-electron chi connectivity index (χ3n) is 3.40. The van der Waals surface area contributed by atoms with Crippen molar-refractivity contribution in [1.82, 2.24) is 4.72 Å². The molecule has 0 saturated carbocycles. The molecule has 0 unspecified atom stereocenters. The van der Waals surface area contributed by atoms with E-state index in [-0.39, 0.29) is 0 Å². The molecule has 0 aliphatic rings. The molecule has 136 valence electrons. The number of benzene rings is 1. The van der Waals surface area contributed by atoms with E-state index in [9.17, 15) is 13.2 Å². The molecule has 4 nitrogen and oxygen atoms in total. The van der Waals surface area contributed by atoms with E-state index in [1.165, 1.54) is 11.3 Å². The fourth-order valence-corrected chi connectivity index (χ4v) is 5.89. The van der Waals surface area contributed by atoms with Gasteiger partial charge in [-0.3, -0.25) is 4.79 Å². The summed E-state index contributed by atoms with van der Waals surface area (Å²) in [4.78, 5) is 11.9. The first-order valence-electron chi connectivity index (χ1n) is 8.24. The average Bonchev–Trinajstić information content (AvgIpc) is 2.89. The van der Waals surface area contributed by atoms with E-state index in [4.69, 9.17) is 0 Å². The predicted octanol–water partition coefficient (Wildman–Crippen LogP) is 4.50. The minimum atomic E-state index is -3.63. The minimum absolute atomic E-state index is 0.330. The summed E-state index contributed by atoms with van der Waals surface area (Å²) in [6.45, 7) is 9.70. The first-order chi connectivity index (χ1) is 11.5. The maximum absolute atomic E-state index is 12.9. The molecule has 2 aromatic rings. The Morgan fingerprint density at radius 1 is 1.16 bits per heavy atom. The van der Waals surface area contributed by atoms with E-state index < -0.39 is 15.6 Å². The Labute approximate surface area is 154 Å². The van der Waals surface area contributed by atoms with Gasteiger partial charge in [-0.1, -0.05) is 38.1 Å². The van der Waals surface area contributed by atoms with Crippen molar-refractivity contribution in [3.05, 3.63) is 40.8 Å². The number of carbonyl (C=O) groups excluding carboxylic acids is 1. The lowest BCUT2D eigenvalue weighted by Crippen LogP contribution is -2.40. The van der Waals surface area contributed by atoms with Gasteiger partial charge in [0.2, 0.25) is 0 Å². The summed E-state index contributed by atoms with van der Waals surface area (Å²) >= 11 is 1.32. The Bertz CT molecular complexity index is 842. The SMILES string of the molecule is CC(C)Cc1cc(-c2ccc(C=O)cc2)c(S(=O)(=O)NC(C)(C)C)s1. The van der Waals surface area contributed by atoms with Crippen molar-refractivity contribution in [1.29, 1.82) is 0 Å². The van der Waals surface area contributed by atoms with Crippen LogP contribution in [0.4, 0.5) is 0 Å². The van der Waals surface area contributed by atoms with E-state index in [0.29, 0.717) is 21.3 Å². The number of rotatable bonds is 6. The largest absolute Gasteiger partial charge is 0.298 e. The van der Waals surface area contributed by atoms with Crippen LogP contribution in [0, 0.1) is 5.92 Å². The maximum atomic E-state index is 12.9. The molecule has 25 heavy (non-hydrogen) atoms. The number of hydrogen-bond donors (Lipinski definition) is 1. The van der Waals surface area contributed by atoms with Crippen LogP contribution in [0.25, 0.3) is 11.1 Å². The van der Waals surface area contributed by atoms with Gasteiger partial charge in [0, 0.05) is 21.5 Å². The molecule has 0 atom stereocenters. The summed E-state index contributed by atoms with van der Waals surface area (Å²) in [6, 6.07) is 8.95. The zero-order valence-electron chi connectivity index (χ0n) is 15.3. The molecule has 2 rings (SSSR count). The van der Waals surface area contributed by atoms with Crippen LogP contribution >= 0.6 is 11.3 Å². The molecule has 0 fully saturated rings. The summed E-state index contributed by atoms with van der Waals surface area (Å²) in [5.74, 6) is 0.440. The fraction of sp³-hybridized carbons (Fsp3) is 0.421. The van der Waals surface area contributed by atoms with Gasteiger partial charge in [0.15, 0.2) is 0 Å². The van der Waals surface area contributed by atoms with Crippen LogP contribution in [0.2, 0.25) is 0 Å². The Morgan fingerprint density at radius 3 is 2.24 bits per heavy atom. The highest BCUT2D eigenvalue weighted by atomic mass is 32.2. The first-order valence-corrected chi connectivity index (χ1v) is 10.5. The summed E-state index contributed by atoms with van der Waals surface area (Å²) < 4.78 is 28.9. The van der Waals surface area contributed by atoms with Gasteiger partial charge in [-0.25, -0.2) is 13.1 Å². The normalized spacial score (nSPS) is 12.6. The van der Waals surface area contributed by atoms with Crippen LogP contribution in [0.1, 0.15) is 49.9 Å². The average molecular weight is 380 g/mol. The zero-order valence-corrected chi connectivity index (χ0v) is 16.9. The summed E-state index contributed by atoms with van der Waals surface area (Å²) in [5, 5.41) is 0. The quantitative estimate of drug-likeness (QED) is 0.752. The van der Waals surface area contributed by atoms with Crippen LogP contribution in [-0.4, -0.2) is 20.2 Å². The molecule has 0 aliphatic carbocycles. The van der Waals surface area contributed by atoms with Crippen molar-refractivity contribution in [3.63, 3.8) is 0 Å². The number of hydrogen-bond acceptors (Lipinski definition) is 4. The molecular weight excluding hydrogens is 354 g/mol. The van der Waals surface area contributed by atoms with Crippen LogP contribution < -0.4 is 4.72 Å². The third kappa shape index (κ3) is 5.23. The molecule has 0 bridgehead atoms. The lowest BCUT2D eigenvalue weighted by molar-refractivity contribution is 0.112. The van der Waals surface area contributed by atoms with Gasteiger partial charge in [-0.05, 0) is 44.7 Å². The maximum Gasteiger partial charge on any atom is 0.251 e. The van der Waals surface area contributed by atoms with Crippen LogP contribution in [0.5, 0.6) is 0 Å². The lowest BCUT2D eigenvalue weighted by atomic mass is 10.0. The number of aldehydes is 1.